The second kappa shape index (κ2) is 8.89. The number of nitrogens with zero attached hydrogens (tertiary/aromatic N) is 3. The number of aromatic nitrogens is 2. The Morgan fingerprint density at radius 1 is 1.10 bits per heavy atom. The van der Waals surface area contributed by atoms with Gasteiger partial charge >= 0.3 is 5.97 Å². The van der Waals surface area contributed by atoms with Crippen LogP contribution in [-0.2, 0) is 19.6 Å². The van der Waals surface area contributed by atoms with Gasteiger partial charge in [0.1, 0.15) is 10.6 Å². The molecule has 8 heteroatoms. The summed E-state index contributed by atoms with van der Waals surface area (Å²) in [6.45, 7) is 2.76. The van der Waals surface area contributed by atoms with E-state index in [0.29, 0.717) is 38.2 Å². The van der Waals surface area contributed by atoms with Crippen molar-refractivity contribution in [2.24, 2.45) is 5.92 Å². The standard InChI is InChI=1S/C22H29N3O4S/c1-2-29-22(26)18-12-14-24(15-13-18)30(27,28)20-16-25(19-10-6-7-11-19)23-21(20)17-8-4-3-5-9-17/h3-5,8-9,16,18-19H,2,6-7,10-15H2,1H3. The quantitative estimate of drug-likeness (QED) is 0.653. The molecule has 1 saturated carbocycles. The molecule has 0 spiro atoms. The van der Waals surface area contributed by atoms with Gasteiger partial charge in [-0.2, -0.15) is 9.40 Å². The fraction of sp³-hybridized carbons (Fsp3) is 0.545. The van der Waals surface area contributed by atoms with Gasteiger partial charge in [-0.05, 0) is 32.6 Å². The molecule has 1 aromatic heterocycles. The average Bonchev–Trinajstić information content (AvgIpc) is 3.45. The highest BCUT2D eigenvalue weighted by Crippen LogP contribution is 2.35. The Kier molecular flexibility index (Phi) is 6.24. The Morgan fingerprint density at radius 2 is 1.77 bits per heavy atom. The summed E-state index contributed by atoms with van der Waals surface area (Å²) < 4.78 is 35.6. The Hall–Kier alpha value is -2.19. The number of piperidine rings is 1. The van der Waals surface area contributed by atoms with Gasteiger partial charge in [-0.1, -0.05) is 43.2 Å². The van der Waals surface area contributed by atoms with Gasteiger partial charge in [0.15, 0.2) is 0 Å². The number of ether oxygens (including phenoxy) is 1. The van der Waals surface area contributed by atoms with Crippen molar-refractivity contribution in [3.63, 3.8) is 0 Å². The van der Waals surface area contributed by atoms with E-state index in [1.807, 2.05) is 35.0 Å². The lowest BCUT2D eigenvalue weighted by Crippen LogP contribution is -2.40. The van der Waals surface area contributed by atoms with E-state index in [0.717, 1.165) is 31.2 Å². The SMILES string of the molecule is CCOC(=O)C1CCN(S(=O)(=O)c2cn(C3CCCC3)nc2-c2ccccc2)CC1. The van der Waals surface area contributed by atoms with E-state index >= 15 is 0 Å². The molecule has 2 aromatic rings. The van der Waals surface area contributed by atoms with Crippen LogP contribution in [0.1, 0.15) is 51.5 Å². The lowest BCUT2D eigenvalue weighted by Gasteiger charge is -2.29. The molecule has 0 amide bonds. The molecule has 2 fully saturated rings. The maximum Gasteiger partial charge on any atom is 0.309 e. The maximum atomic E-state index is 13.6. The van der Waals surface area contributed by atoms with Crippen molar-refractivity contribution >= 4 is 16.0 Å². The van der Waals surface area contributed by atoms with Gasteiger partial charge in [-0.3, -0.25) is 9.48 Å². The van der Waals surface area contributed by atoms with Crippen molar-refractivity contribution in [3.05, 3.63) is 36.5 Å². The van der Waals surface area contributed by atoms with Crippen LogP contribution in [0, 0.1) is 5.92 Å². The van der Waals surface area contributed by atoms with E-state index < -0.39 is 10.0 Å². The Labute approximate surface area is 178 Å². The average molecular weight is 432 g/mol. The zero-order valence-electron chi connectivity index (χ0n) is 17.4. The molecule has 1 aliphatic heterocycles. The van der Waals surface area contributed by atoms with Crippen LogP contribution >= 0.6 is 0 Å². The van der Waals surface area contributed by atoms with Gasteiger partial charge in [0.2, 0.25) is 10.0 Å². The summed E-state index contributed by atoms with van der Waals surface area (Å²) in [5.41, 5.74) is 1.31. The number of hydrogen-bond donors (Lipinski definition) is 0. The summed E-state index contributed by atoms with van der Waals surface area (Å²) in [7, 11) is -3.71. The molecular formula is C22H29N3O4S. The van der Waals surface area contributed by atoms with Crippen LogP contribution in [-0.4, -0.2) is 48.2 Å². The number of esters is 1. The predicted molar refractivity (Wildman–Crippen MR) is 113 cm³/mol. The highest BCUT2D eigenvalue weighted by molar-refractivity contribution is 7.89. The molecule has 162 valence electrons. The third kappa shape index (κ3) is 4.16. The lowest BCUT2D eigenvalue weighted by molar-refractivity contribution is -0.149. The molecule has 0 bridgehead atoms. The molecule has 0 radical (unpaired) electrons. The van der Waals surface area contributed by atoms with Crippen molar-refractivity contribution in [1.82, 2.24) is 14.1 Å². The summed E-state index contributed by atoms with van der Waals surface area (Å²) in [6, 6.07) is 9.74. The molecule has 0 atom stereocenters. The van der Waals surface area contributed by atoms with Gasteiger partial charge in [-0.25, -0.2) is 8.42 Å². The fourth-order valence-corrected chi connectivity index (χ4v) is 6.06. The highest BCUT2D eigenvalue weighted by Gasteiger charge is 2.36. The molecule has 0 unspecified atom stereocenters. The van der Waals surface area contributed by atoms with Crippen molar-refractivity contribution < 1.29 is 17.9 Å². The molecule has 30 heavy (non-hydrogen) atoms. The topological polar surface area (TPSA) is 81.5 Å². The number of benzene rings is 1. The zero-order chi connectivity index (χ0) is 21.1. The van der Waals surface area contributed by atoms with Gasteiger partial charge in [-0.15, -0.1) is 0 Å². The molecule has 2 heterocycles. The van der Waals surface area contributed by atoms with Crippen LogP contribution in [0.2, 0.25) is 0 Å². The van der Waals surface area contributed by atoms with Gasteiger partial charge in [0, 0.05) is 24.8 Å². The largest absolute Gasteiger partial charge is 0.466 e. The number of sulfonamides is 1. The minimum atomic E-state index is -3.71. The van der Waals surface area contributed by atoms with E-state index in [1.54, 1.807) is 13.1 Å². The first-order valence-electron chi connectivity index (χ1n) is 10.8. The van der Waals surface area contributed by atoms with Gasteiger partial charge in [0.05, 0.1) is 18.6 Å². The number of hydrogen-bond acceptors (Lipinski definition) is 5. The van der Waals surface area contributed by atoms with Gasteiger partial charge < -0.3 is 4.74 Å². The highest BCUT2D eigenvalue weighted by atomic mass is 32.2. The molecule has 1 aromatic carbocycles. The minimum Gasteiger partial charge on any atom is -0.466 e. The Balaban J connectivity index is 1.62. The number of rotatable bonds is 6. The van der Waals surface area contributed by atoms with Crippen LogP contribution in [0.3, 0.4) is 0 Å². The van der Waals surface area contributed by atoms with Crippen LogP contribution in [0.15, 0.2) is 41.4 Å². The van der Waals surface area contributed by atoms with E-state index in [9.17, 15) is 13.2 Å². The van der Waals surface area contributed by atoms with E-state index in [4.69, 9.17) is 9.84 Å². The molecule has 1 aliphatic carbocycles. The Bertz CT molecular complexity index is 973. The fourth-order valence-electron chi connectivity index (χ4n) is 4.45. The molecule has 0 N–H and O–H groups in total. The molecule has 4 rings (SSSR count). The van der Waals surface area contributed by atoms with Crippen molar-refractivity contribution in [3.8, 4) is 11.3 Å². The van der Waals surface area contributed by atoms with E-state index in [1.165, 1.54) is 4.31 Å². The third-order valence-corrected chi connectivity index (χ3v) is 8.04. The van der Waals surface area contributed by atoms with Crippen molar-refractivity contribution in [2.45, 2.75) is 56.4 Å². The summed E-state index contributed by atoms with van der Waals surface area (Å²) in [5, 5.41) is 4.73. The lowest BCUT2D eigenvalue weighted by atomic mass is 9.98. The summed E-state index contributed by atoms with van der Waals surface area (Å²) in [6.07, 6.45) is 7.03. The predicted octanol–water partition coefficient (Wildman–Crippen LogP) is 3.63. The zero-order valence-corrected chi connectivity index (χ0v) is 18.2. The van der Waals surface area contributed by atoms with Gasteiger partial charge in [0.25, 0.3) is 0 Å². The smallest absolute Gasteiger partial charge is 0.309 e. The van der Waals surface area contributed by atoms with Crippen molar-refractivity contribution in [1.29, 1.82) is 0 Å². The summed E-state index contributed by atoms with van der Waals surface area (Å²) >= 11 is 0. The first-order chi connectivity index (χ1) is 14.5. The van der Waals surface area contributed by atoms with Crippen LogP contribution < -0.4 is 0 Å². The van der Waals surface area contributed by atoms with Crippen molar-refractivity contribution in [2.75, 3.05) is 19.7 Å². The number of carbonyl (C=O) groups excluding carboxylic acids is 1. The summed E-state index contributed by atoms with van der Waals surface area (Å²) in [5.74, 6) is -0.459. The second-order valence-electron chi connectivity index (χ2n) is 8.06. The molecule has 2 aliphatic rings. The minimum absolute atomic E-state index is 0.228. The normalized spacial score (nSPS) is 19.2. The number of carbonyl (C=O) groups is 1. The molecule has 1 saturated heterocycles. The Morgan fingerprint density at radius 3 is 2.40 bits per heavy atom. The first kappa shape index (κ1) is 21.1. The maximum absolute atomic E-state index is 13.6. The monoisotopic (exact) mass is 431 g/mol. The first-order valence-corrected chi connectivity index (χ1v) is 12.3. The van der Waals surface area contributed by atoms with E-state index in [-0.39, 0.29) is 22.8 Å². The van der Waals surface area contributed by atoms with Crippen LogP contribution in [0.5, 0.6) is 0 Å². The van der Waals surface area contributed by atoms with Crippen LogP contribution in [0.4, 0.5) is 0 Å². The molecule has 7 nitrogen and oxygen atoms in total. The molecular weight excluding hydrogens is 402 g/mol. The second-order valence-corrected chi connectivity index (χ2v) is 9.96. The summed E-state index contributed by atoms with van der Waals surface area (Å²) in [4.78, 5) is 12.3. The van der Waals surface area contributed by atoms with Crippen LogP contribution in [0.25, 0.3) is 11.3 Å². The third-order valence-electron chi connectivity index (χ3n) is 6.14. The van der Waals surface area contributed by atoms with E-state index in [2.05, 4.69) is 0 Å².